The van der Waals surface area contributed by atoms with Gasteiger partial charge in [-0.05, 0) is 27.2 Å². The number of aryl methyl sites for hydroxylation is 3. The van der Waals surface area contributed by atoms with Crippen LogP contribution >= 0.6 is 11.6 Å². The van der Waals surface area contributed by atoms with Crippen molar-refractivity contribution < 1.29 is 0 Å². The Morgan fingerprint density at radius 2 is 1.83 bits per heavy atom. The lowest BCUT2D eigenvalue weighted by Crippen LogP contribution is -2.30. The van der Waals surface area contributed by atoms with Crippen molar-refractivity contribution in [2.45, 2.75) is 60.2 Å². The molecule has 6 nitrogen and oxygen atoms in total. The molecular formula is C16H27ClN6. The quantitative estimate of drug-likeness (QED) is 0.843. The lowest BCUT2D eigenvalue weighted by Gasteiger charge is -2.23. The van der Waals surface area contributed by atoms with Crippen LogP contribution in [0.3, 0.4) is 0 Å². The lowest BCUT2D eigenvalue weighted by atomic mass is 10.2. The fourth-order valence-corrected chi connectivity index (χ4v) is 3.09. The third kappa shape index (κ3) is 3.58. The van der Waals surface area contributed by atoms with E-state index in [9.17, 15) is 0 Å². The predicted molar refractivity (Wildman–Crippen MR) is 93.5 cm³/mol. The second kappa shape index (κ2) is 7.45. The van der Waals surface area contributed by atoms with Crippen LogP contribution in [0.5, 0.6) is 0 Å². The Kier molecular flexibility index (Phi) is 5.81. The highest BCUT2D eigenvalue weighted by molar-refractivity contribution is 6.33. The third-order valence-electron chi connectivity index (χ3n) is 3.97. The first-order chi connectivity index (χ1) is 11.0. The first-order valence-corrected chi connectivity index (χ1v) is 8.72. The van der Waals surface area contributed by atoms with Gasteiger partial charge in [-0.3, -0.25) is 9.58 Å². The zero-order valence-corrected chi connectivity index (χ0v) is 15.7. The summed E-state index contributed by atoms with van der Waals surface area (Å²) >= 11 is 6.61. The normalized spacial score (nSPS) is 15.1. The number of fused-ring (bicyclic) bond motifs is 1. The van der Waals surface area contributed by atoms with Gasteiger partial charge in [0, 0.05) is 32.7 Å². The molecule has 23 heavy (non-hydrogen) atoms. The van der Waals surface area contributed by atoms with Crippen molar-refractivity contribution in [2.75, 3.05) is 6.54 Å². The largest absolute Gasteiger partial charge is 0.295 e. The van der Waals surface area contributed by atoms with Gasteiger partial charge < -0.3 is 0 Å². The van der Waals surface area contributed by atoms with E-state index < -0.39 is 0 Å². The second-order valence-corrected chi connectivity index (χ2v) is 6.23. The average molecular weight is 339 g/mol. The van der Waals surface area contributed by atoms with Gasteiger partial charge in [0.05, 0.1) is 10.7 Å². The van der Waals surface area contributed by atoms with E-state index >= 15 is 0 Å². The zero-order valence-electron chi connectivity index (χ0n) is 15.0. The molecule has 0 amide bonds. The van der Waals surface area contributed by atoms with Crippen molar-refractivity contribution >= 4 is 11.6 Å². The van der Waals surface area contributed by atoms with Crippen LogP contribution < -0.4 is 0 Å². The maximum atomic E-state index is 6.61. The minimum Gasteiger partial charge on any atom is -0.295 e. The van der Waals surface area contributed by atoms with Crippen molar-refractivity contribution in [1.82, 2.24) is 29.4 Å². The van der Waals surface area contributed by atoms with E-state index in [0.717, 1.165) is 49.1 Å². The molecule has 0 radical (unpaired) electrons. The third-order valence-corrected chi connectivity index (χ3v) is 4.37. The topological polar surface area (TPSA) is 51.8 Å². The number of rotatable bonds is 2. The Bertz CT molecular complexity index is 658. The highest BCUT2D eigenvalue weighted by atomic mass is 35.5. The number of hydrogen-bond acceptors (Lipinski definition) is 4. The van der Waals surface area contributed by atoms with E-state index in [1.807, 2.05) is 32.5 Å². The zero-order chi connectivity index (χ0) is 17.1. The van der Waals surface area contributed by atoms with Gasteiger partial charge in [0.25, 0.3) is 0 Å². The summed E-state index contributed by atoms with van der Waals surface area (Å²) in [5, 5.41) is 9.67. The summed E-state index contributed by atoms with van der Waals surface area (Å²) in [6, 6.07) is 0.503. The predicted octanol–water partition coefficient (Wildman–Crippen LogP) is 3.28. The van der Waals surface area contributed by atoms with Crippen LogP contribution in [-0.2, 0) is 20.1 Å². The SMILES string of the molecule is CC.Cc1nc(-c2nn3c(c2Cl)CN(C(C)C)CCC3)n(C)n1. The van der Waals surface area contributed by atoms with Gasteiger partial charge >= 0.3 is 0 Å². The molecule has 7 heteroatoms. The highest BCUT2D eigenvalue weighted by Crippen LogP contribution is 2.31. The van der Waals surface area contributed by atoms with Crippen molar-refractivity contribution in [3.8, 4) is 11.5 Å². The fourth-order valence-electron chi connectivity index (χ4n) is 2.81. The summed E-state index contributed by atoms with van der Waals surface area (Å²) in [6.07, 6.45) is 1.08. The van der Waals surface area contributed by atoms with Crippen molar-refractivity contribution in [3.05, 3.63) is 16.5 Å². The molecule has 0 saturated carbocycles. The maximum absolute atomic E-state index is 6.61. The molecule has 0 atom stereocenters. The molecule has 128 valence electrons. The minimum atomic E-state index is 0.503. The summed E-state index contributed by atoms with van der Waals surface area (Å²) in [5.74, 6) is 1.46. The van der Waals surface area contributed by atoms with E-state index in [-0.39, 0.29) is 0 Å². The van der Waals surface area contributed by atoms with Crippen LogP contribution in [0.15, 0.2) is 0 Å². The molecule has 0 aliphatic carbocycles. The average Bonchev–Trinajstić information content (AvgIpc) is 2.91. The highest BCUT2D eigenvalue weighted by Gasteiger charge is 2.25. The van der Waals surface area contributed by atoms with Crippen LogP contribution in [0.4, 0.5) is 0 Å². The van der Waals surface area contributed by atoms with E-state index in [1.54, 1.807) is 4.68 Å². The van der Waals surface area contributed by atoms with Crippen LogP contribution in [0.25, 0.3) is 11.5 Å². The number of hydrogen-bond donors (Lipinski definition) is 0. The molecule has 0 aromatic carbocycles. The van der Waals surface area contributed by atoms with Crippen molar-refractivity contribution in [3.63, 3.8) is 0 Å². The standard InChI is InChI=1S/C14H21ClN6.C2H6/c1-9(2)20-6-5-7-21-11(8-20)12(15)13(18-21)14-16-10(3)17-19(14)4;1-2/h9H,5-8H2,1-4H3;1-2H3. The van der Waals surface area contributed by atoms with Crippen LogP contribution in [-0.4, -0.2) is 42.0 Å². The molecule has 0 unspecified atom stereocenters. The maximum Gasteiger partial charge on any atom is 0.180 e. The molecule has 2 aromatic rings. The molecule has 3 heterocycles. The Morgan fingerprint density at radius 1 is 1.13 bits per heavy atom. The monoisotopic (exact) mass is 338 g/mol. The Labute approximate surface area is 143 Å². The first-order valence-electron chi connectivity index (χ1n) is 8.34. The molecule has 0 saturated heterocycles. The van der Waals surface area contributed by atoms with E-state index in [1.165, 1.54) is 0 Å². The van der Waals surface area contributed by atoms with Gasteiger partial charge in [0.2, 0.25) is 0 Å². The van der Waals surface area contributed by atoms with E-state index in [0.29, 0.717) is 11.1 Å². The summed E-state index contributed by atoms with van der Waals surface area (Å²) < 4.78 is 3.77. The Hall–Kier alpha value is -1.40. The molecule has 0 fully saturated rings. The van der Waals surface area contributed by atoms with Gasteiger partial charge in [-0.1, -0.05) is 25.4 Å². The van der Waals surface area contributed by atoms with Crippen molar-refractivity contribution in [2.24, 2.45) is 7.05 Å². The molecule has 0 bridgehead atoms. The molecule has 0 N–H and O–H groups in total. The van der Waals surface area contributed by atoms with Gasteiger partial charge in [-0.15, -0.1) is 0 Å². The molecule has 0 spiro atoms. The summed E-state index contributed by atoms with van der Waals surface area (Å²) in [7, 11) is 1.87. The van der Waals surface area contributed by atoms with Crippen LogP contribution in [0.2, 0.25) is 5.02 Å². The molecular weight excluding hydrogens is 312 g/mol. The Balaban J connectivity index is 0.000000924. The van der Waals surface area contributed by atoms with E-state index in [4.69, 9.17) is 11.6 Å². The van der Waals surface area contributed by atoms with Gasteiger partial charge in [0.1, 0.15) is 11.5 Å². The number of nitrogens with zero attached hydrogens (tertiary/aromatic N) is 6. The molecule has 1 aliphatic rings. The molecule has 2 aromatic heterocycles. The van der Waals surface area contributed by atoms with Gasteiger partial charge in [-0.25, -0.2) is 9.67 Å². The van der Waals surface area contributed by atoms with Gasteiger partial charge in [-0.2, -0.15) is 10.2 Å². The van der Waals surface area contributed by atoms with Crippen LogP contribution in [0, 0.1) is 6.92 Å². The lowest BCUT2D eigenvalue weighted by molar-refractivity contribution is 0.216. The summed E-state index contributed by atoms with van der Waals surface area (Å²) in [5.41, 5.74) is 1.82. The number of halogens is 1. The van der Waals surface area contributed by atoms with Crippen LogP contribution in [0.1, 0.15) is 45.6 Å². The van der Waals surface area contributed by atoms with E-state index in [2.05, 4.69) is 33.9 Å². The number of aromatic nitrogens is 5. The molecule has 1 aliphatic heterocycles. The first kappa shape index (κ1) is 17.9. The Morgan fingerprint density at radius 3 is 2.39 bits per heavy atom. The summed E-state index contributed by atoms with van der Waals surface area (Å²) in [4.78, 5) is 6.87. The van der Waals surface area contributed by atoms with Crippen molar-refractivity contribution in [1.29, 1.82) is 0 Å². The second-order valence-electron chi connectivity index (χ2n) is 5.86. The fraction of sp³-hybridized carbons (Fsp3) is 0.688. The smallest absolute Gasteiger partial charge is 0.180 e. The minimum absolute atomic E-state index is 0.503. The summed E-state index contributed by atoms with van der Waals surface area (Å²) in [6.45, 7) is 13.1. The van der Waals surface area contributed by atoms with Gasteiger partial charge in [0.15, 0.2) is 5.82 Å². The molecule has 3 rings (SSSR count).